The van der Waals surface area contributed by atoms with E-state index >= 15 is 0 Å². The Bertz CT molecular complexity index is 1160. The molecule has 38 heavy (non-hydrogen) atoms. The summed E-state index contributed by atoms with van der Waals surface area (Å²) in [5.41, 5.74) is -2.13. The zero-order chi connectivity index (χ0) is 27.3. The first-order valence-electron chi connectivity index (χ1n) is 12.4. The first-order valence-corrected chi connectivity index (χ1v) is 12.4. The van der Waals surface area contributed by atoms with Gasteiger partial charge in [-0.05, 0) is 68.2 Å². The van der Waals surface area contributed by atoms with Crippen molar-refractivity contribution < 1.29 is 40.6 Å². The van der Waals surface area contributed by atoms with E-state index in [1.165, 1.54) is 6.07 Å². The van der Waals surface area contributed by atoms with Crippen LogP contribution in [-0.2, 0) is 15.6 Å². The van der Waals surface area contributed by atoms with E-state index in [1.807, 2.05) is 6.08 Å². The number of allylic oxidation sites excluding steroid dienone is 2. The Hall–Kier alpha value is -3.03. The molecule has 204 valence electrons. The van der Waals surface area contributed by atoms with Gasteiger partial charge < -0.3 is 14.2 Å². The number of halogens is 6. The molecule has 0 N–H and O–H groups in total. The summed E-state index contributed by atoms with van der Waals surface area (Å²) in [6, 6.07) is 5.29. The van der Waals surface area contributed by atoms with E-state index in [4.69, 9.17) is 14.7 Å². The highest BCUT2D eigenvalue weighted by atomic mass is 19.3. The van der Waals surface area contributed by atoms with E-state index < -0.39 is 46.7 Å². The molecular formula is C28H27F6NO3. The quantitative estimate of drug-likeness (QED) is 0.258. The summed E-state index contributed by atoms with van der Waals surface area (Å²) in [7, 11) is 0. The van der Waals surface area contributed by atoms with Crippen LogP contribution >= 0.6 is 0 Å². The van der Waals surface area contributed by atoms with Crippen molar-refractivity contribution in [3.8, 4) is 11.8 Å². The largest absolute Gasteiger partial charge is 0.432 e. The summed E-state index contributed by atoms with van der Waals surface area (Å²) < 4.78 is 101. The summed E-state index contributed by atoms with van der Waals surface area (Å²) in [4.78, 5) is 0. The van der Waals surface area contributed by atoms with Crippen LogP contribution in [0.25, 0.3) is 0 Å². The minimum absolute atomic E-state index is 0.0934. The van der Waals surface area contributed by atoms with E-state index in [0.29, 0.717) is 49.7 Å². The molecule has 4 nitrogen and oxygen atoms in total. The molecule has 0 atom stereocenters. The third-order valence-corrected chi connectivity index (χ3v) is 7.03. The van der Waals surface area contributed by atoms with Crippen molar-refractivity contribution >= 4 is 0 Å². The predicted octanol–water partition coefficient (Wildman–Crippen LogP) is 7.49. The number of alkyl halides is 3. The smallest absolute Gasteiger partial charge is 0.429 e. The van der Waals surface area contributed by atoms with Gasteiger partial charge in [0.25, 0.3) is 0 Å². The maximum absolute atomic E-state index is 14.7. The van der Waals surface area contributed by atoms with Crippen LogP contribution in [0.5, 0.6) is 5.75 Å². The lowest BCUT2D eigenvalue weighted by atomic mass is 9.76. The topological polar surface area (TPSA) is 51.5 Å². The van der Waals surface area contributed by atoms with E-state index in [0.717, 1.165) is 37.8 Å². The molecule has 0 unspecified atom stereocenters. The molecule has 2 aliphatic rings. The van der Waals surface area contributed by atoms with Crippen molar-refractivity contribution in [2.75, 3.05) is 19.9 Å². The van der Waals surface area contributed by atoms with E-state index in [-0.39, 0.29) is 18.2 Å². The highest BCUT2D eigenvalue weighted by molar-refractivity contribution is 5.37. The van der Waals surface area contributed by atoms with Crippen LogP contribution in [0.2, 0.25) is 0 Å². The molecule has 1 saturated carbocycles. The molecule has 10 heteroatoms. The Morgan fingerprint density at radius 2 is 1.61 bits per heavy atom. The Labute approximate surface area is 216 Å². The van der Waals surface area contributed by atoms with Gasteiger partial charge in [0, 0.05) is 17.5 Å². The van der Waals surface area contributed by atoms with Gasteiger partial charge in [-0.3, -0.25) is 4.39 Å². The van der Waals surface area contributed by atoms with E-state index in [2.05, 4.69) is 10.8 Å². The SMILES string of the molecule is N#Cc1ccc(OC(F)(F)c2c(F)cc(C3OCC(C4CCC(C=CCCF)CC4)CO3)cc2F)cc1F. The van der Waals surface area contributed by atoms with Gasteiger partial charge in [-0.15, -0.1) is 0 Å². The highest BCUT2D eigenvalue weighted by Crippen LogP contribution is 2.40. The number of rotatable bonds is 8. The fraction of sp³-hybridized carbons (Fsp3) is 0.464. The van der Waals surface area contributed by atoms with Gasteiger partial charge in [0.05, 0.1) is 25.5 Å². The molecule has 0 amide bonds. The van der Waals surface area contributed by atoms with Crippen molar-refractivity contribution in [2.24, 2.45) is 17.8 Å². The Morgan fingerprint density at radius 1 is 0.947 bits per heavy atom. The minimum atomic E-state index is -4.47. The molecule has 0 bridgehead atoms. The van der Waals surface area contributed by atoms with Crippen LogP contribution < -0.4 is 4.74 Å². The lowest BCUT2D eigenvalue weighted by Crippen LogP contribution is -2.34. The predicted molar refractivity (Wildman–Crippen MR) is 125 cm³/mol. The van der Waals surface area contributed by atoms with Gasteiger partial charge in [-0.25, -0.2) is 13.2 Å². The normalized spacial score (nSPS) is 24.3. The second-order valence-electron chi connectivity index (χ2n) is 9.57. The highest BCUT2D eigenvalue weighted by Gasteiger charge is 2.42. The Kier molecular flexibility index (Phi) is 9.00. The fourth-order valence-corrected chi connectivity index (χ4v) is 5.00. The van der Waals surface area contributed by atoms with Crippen LogP contribution in [-0.4, -0.2) is 19.9 Å². The second-order valence-corrected chi connectivity index (χ2v) is 9.57. The summed E-state index contributed by atoms with van der Waals surface area (Å²) in [5.74, 6) is -4.08. The summed E-state index contributed by atoms with van der Waals surface area (Å²) in [6.07, 6.45) is 2.68. The van der Waals surface area contributed by atoms with Gasteiger partial charge in [0.15, 0.2) is 6.29 Å². The molecule has 0 aromatic heterocycles. The average Bonchev–Trinajstić information content (AvgIpc) is 2.88. The molecule has 0 radical (unpaired) electrons. The molecule has 0 spiro atoms. The van der Waals surface area contributed by atoms with Gasteiger partial charge in [-0.2, -0.15) is 14.0 Å². The number of benzene rings is 2. The Balaban J connectivity index is 1.37. The molecule has 1 saturated heterocycles. The van der Waals surface area contributed by atoms with E-state index in [9.17, 15) is 26.3 Å². The van der Waals surface area contributed by atoms with Crippen molar-refractivity contribution in [1.82, 2.24) is 0 Å². The van der Waals surface area contributed by atoms with Gasteiger partial charge >= 0.3 is 6.11 Å². The zero-order valence-electron chi connectivity index (χ0n) is 20.4. The molecule has 1 aliphatic carbocycles. The van der Waals surface area contributed by atoms with Crippen LogP contribution in [0.1, 0.15) is 55.1 Å². The molecule has 1 heterocycles. The van der Waals surface area contributed by atoms with Crippen molar-refractivity contribution in [2.45, 2.75) is 44.5 Å². The fourth-order valence-electron chi connectivity index (χ4n) is 5.00. The maximum Gasteiger partial charge on any atom is 0.432 e. The first kappa shape index (κ1) is 28.0. The van der Waals surface area contributed by atoms with Crippen molar-refractivity contribution in [3.05, 3.63) is 76.6 Å². The number of hydrogen-bond donors (Lipinski definition) is 0. The molecule has 1 aliphatic heterocycles. The van der Waals surface area contributed by atoms with Crippen molar-refractivity contribution in [1.29, 1.82) is 5.26 Å². The van der Waals surface area contributed by atoms with Crippen LogP contribution in [0.4, 0.5) is 26.3 Å². The van der Waals surface area contributed by atoms with Crippen molar-refractivity contribution in [3.63, 3.8) is 0 Å². The van der Waals surface area contributed by atoms with Crippen LogP contribution in [0.15, 0.2) is 42.5 Å². The lowest BCUT2D eigenvalue weighted by molar-refractivity contribution is -0.215. The molecule has 2 aromatic rings. The van der Waals surface area contributed by atoms with Gasteiger partial charge in [0.2, 0.25) is 0 Å². The first-order chi connectivity index (χ1) is 18.2. The van der Waals surface area contributed by atoms with Gasteiger partial charge in [0.1, 0.15) is 34.8 Å². The van der Waals surface area contributed by atoms with Crippen LogP contribution in [0, 0.1) is 46.5 Å². The average molecular weight is 540 g/mol. The minimum Gasteiger partial charge on any atom is -0.429 e. The van der Waals surface area contributed by atoms with E-state index in [1.54, 1.807) is 0 Å². The monoisotopic (exact) mass is 539 g/mol. The third-order valence-electron chi connectivity index (χ3n) is 7.03. The second kappa shape index (κ2) is 12.2. The number of nitrogens with zero attached hydrogens (tertiary/aromatic N) is 1. The Morgan fingerprint density at radius 3 is 2.18 bits per heavy atom. The van der Waals surface area contributed by atoms with Crippen LogP contribution in [0.3, 0.4) is 0 Å². The summed E-state index contributed by atoms with van der Waals surface area (Å²) in [6.45, 7) is 0.231. The molecule has 2 aromatic carbocycles. The summed E-state index contributed by atoms with van der Waals surface area (Å²) >= 11 is 0. The molecule has 2 fully saturated rings. The molecule has 4 rings (SSSR count). The standard InChI is InChI=1S/C28H27F6NO3/c29-10-2-1-3-17-4-6-18(7-5-17)21-15-36-27(37-16-21)20-11-24(31)26(25(32)12-20)28(33,34)38-22-9-8-19(14-35)23(30)13-22/h1,3,8-9,11-13,17-18,21,27H,2,4-7,10,15-16H2. The summed E-state index contributed by atoms with van der Waals surface area (Å²) in [5, 5.41) is 8.74. The molecular weight excluding hydrogens is 512 g/mol. The number of ether oxygens (including phenoxy) is 3. The zero-order valence-corrected chi connectivity index (χ0v) is 20.4. The maximum atomic E-state index is 14.7. The number of hydrogen-bond acceptors (Lipinski definition) is 4. The number of nitriles is 1. The van der Waals surface area contributed by atoms with Gasteiger partial charge in [-0.1, -0.05) is 12.2 Å². The lowest BCUT2D eigenvalue weighted by Gasteiger charge is -2.37. The third kappa shape index (κ3) is 6.51.